The van der Waals surface area contributed by atoms with Gasteiger partial charge in [-0.15, -0.1) is 0 Å². The molecule has 1 aliphatic heterocycles. The van der Waals surface area contributed by atoms with Gasteiger partial charge >= 0.3 is 0 Å². The normalized spacial score (nSPS) is 16.1. The number of benzene rings is 2. The van der Waals surface area contributed by atoms with Gasteiger partial charge in [0, 0.05) is 31.6 Å². The summed E-state index contributed by atoms with van der Waals surface area (Å²) >= 11 is 0. The van der Waals surface area contributed by atoms with Crippen LogP contribution in [0.15, 0.2) is 52.4 Å². The number of anilines is 1. The quantitative estimate of drug-likeness (QED) is 0.749. The Balaban J connectivity index is 1.81. The second-order valence-electron chi connectivity index (χ2n) is 6.98. The van der Waals surface area contributed by atoms with Crippen LogP contribution in [0.2, 0.25) is 0 Å². The van der Waals surface area contributed by atoms with Crippen molar-refractivity contribution < 1.29 is 8.42 Å². The van der Waals surface area contributed by atoms with Gasteiger partial charge < -0.3 is 9.80 Å². The average Bonchev–Trinajstić information content (AvgIpc) is 3.13. The lowest BCUT2D eigenvalue weighted by Crippen LogP contribution is -2.44. The molecule has 0 atom stereocenters. The molecule has 1 saturated heterocycles. The summed E-state index contributed by atoms with van der Waals surface area (Å²) in [6, 6.07) is 12.9. The molecular weight excluding hydrogens is 360 g/mol. The predicted octanol–water partition coefficient (Wildman–Crippen LogP) is 2.71. The van der Waals surface area contributed by atoms with Crippen molar-refractivity contribution in [2.75, 3.05) is 38.1 Å². The fourth-order valence-electron chi connectivity index (χ4n) is 3.68. The first-order valence-electron chi connectivity index (χ1n) is 9.26. The molecule has 1 aliphatic rings. The van der Waals surface area contributed by atoms with Gasteiger partial charge in [0.25, 0.3) is 0 Å². The third kappa shape index (κ3) is 3.11. The highest BCUT2D eigenvalue weighted by Gasteiger charge is 2.27. The molecule has 2 heterocycles. The summed E-state index contributed by atoms with van der Waals surface area (Å²) in [4.78, 5) is 4.92. The number of aryl methyl sites for hydroxylation is 1. The number of para-hydroxylation sites is 1. The van der Waals surface area contributed by atoms with Crippen LogP contribution in [0, 0.1) is 0 Å². The number of likely N-dealkylation sites (N-methyl/N-ethyl adjacent to an activating group) is 1. The zero-order chi connectivity index (χ0) is 19.0. The summed E-state index contributed by atoms with van der Waals surface area (Å²) < 4.78 is 26.6. The van der Waals surface area contributed by atoms with Gasteiger partial charge in [-0.1, -0.05) is 31.2 Å². The van der Waals surface area contributed by atoms with Crippen LogP contribution in [0.3, 0.4) is 0 Å². The van der Waals surface area contributed by atoms with Gasteiger partial charge in [-0.25, -0.2) is 8.42 Å². The SMILES string of the molecule is CCc1ccccc1S(=O)(=O)c1n[nH]c2c(N3CCN(C)CC3)cccc12. The first kappa shape index (κ1) is 18.0. The van der Waals surface area contributed by atoms with E-state index in [4.69, 9.17) is 0 Å². The molecule has 0 bridgehead atoms. The van der Waals surface area contributed by atoms with Crippen molar-refractivity contribution in [3.63, 3.8) is 0 Å². The summed E-state index contributed by atoms with van der Waals surface area (Å²) in [5, 5.41) is 7.99. The zero-order valence-electron chi connectivity index (χ0n) is 15.6. The van der Waals surface area contributed by atoms with Crippen molar-refractivity contribution in [2.45, 2.75) is 23.3 Å². The second-order valence-corrected chi connectivity index (χ2v) is 8.82. The molecule has 27 heavy (non-hydrogen) atoms. The number of sulfone groups is 1. The van der Waals surface area contributed by atoms with Crippen LogP contribution in [-0.2, 0) is 16.3 Å². The van der Waals surface area contributed by atoms with E-state index < -0.39 is 9.84 Å². The average molecular weight is 385 g/mol. The Bertz CT molecular complexity index is 1070. The second kappa shape index (κ2) is 6.98. The summed E-state index contributed by atoms with van der Waals surface area (Å²) in [7, 11) is -1.58. The summed E-state index contributed by atoms with van der Waals surface area (Å²) in [6.07, 6.45) is 0.657. The lowest BCUT2D eigenvalue weighted by Gasteiger charge is -2.34. The number of fused-ring (bicyclic) bond motifs is 1. The number of nitrogens with one attached hydrogen (secondary N) is 1. The Labute approximate surface area is 159 Å². The molecule has 6 nitrogen and oxygen atoms in total. The minimum absolute atomic E-state index is 0.106. The summed E-state index contributed by atoms with van der Waals surface area (Å²) in [5.74, 6) is 0. The molecule has 142 valence electrons. The van der Waals surface area contributed by atoms with E-state index in [1.807, 2.05) is 37.3 Å². The first-order valence-corrected chi connectivity index (χ1v) is 10.7. The van der Waals surface area contributed by atoms with Crippen LogP contribution in [-0.4, -0.2) is 56.7 Å². The first-order chi connectivity index (χ1) is 13.0. The number of nitrogens with zero attached hydrogens (tertiary/aromatic N) is 3. The van der Waals surface area contributed by atoms with Crippen LogP contribution < -0.4 is 4.90 Å². The highest BCUT2D eigenvalue weighted by Crippen LogP contribution is 2.33. The number of hydrogen-bond acceptors (Lipinski definition) is 5. The highest BCUT2D eigenvalue weighted by atomic mass is 32.2. The molecule has 7 heteroatoms. The van der Waals surface area contributed by atoms with Crippen LogP contribution in [0.1, 0.15) is 12.5 Å². The van der Waals surface area contributed by atoms with E-state index in [0.717, 1.165) is 42.9 Å². The maximum Gasteiger partial charge on any atom is 0.226 e. The molecule has 0 aliphatic carbocycles. The van der Waals surface area contributed by atoms with E-state index in [9.17, 15) is 8.42 Å². The van der Waals surface area contributed by atoms with Crippen molar-refractivity contribution >= 4 is 26.4 Å². The van der Waals surface area contributed by atoms with Crippen molar-refractivity contribution in [3.8, 4) is 0 Å². The topological polar surface area (TPSA) is 69.3 Å². The minimum Gasteiger partial charge on any atom is -0.367 e. The standard InChI is InChI=1S/C20H24N4O2S/c1-3-15-7-4-5-10-18(15)27(25,26)20-16-8-6-9-17(19(16)21-22-20)24-13-11-23(2)12-14-24/h4-10H,3,11-14H2,1-2H3,(H,21,22). The third-order valence-electron chi connectivity index (χ3n) is 5.28. The number of hydrogen-bond donors (Lipinski definition) is 1. The number of H-pyrrole nitrogens is 1. The maximum atomic E-state index is 13.3. The molecule has 0 radical (unpaired) electrons. The Morgan fingerprint density at radius 3 is 2.52 bits per heavy atom. The van der Waals surface area contributed by atoms with Crippen LogP contribution in [0.4, 0.5) is 5.69 Å². The molecule has 1 aromatic heterocycles. The zero-order valence-corrected chi connectivity index (χ0v) is 16.5. The summed E-state index contributed by atoms with van der Waals surface area (Å²) in [5.41, 5.74) is 2.61. The Morgan fingerprint density at radius 1 is 1.04 bits per heavy atom. The maximum absolute atomic E-state index is 13.3. The molecule has 1 N–H and O–H groups in total. The third-order valence-corrected chi connectivity index (χ3v) is 7.08. The Morgan fingerprint density at radius 2 is 1.78 bits per heavy atom. The van der Waals surface area contributed by atoms with Crippen LogP contribution >= 0.6 is 0 Å². The van der Waals surface area contributed by atoms with E-state index in [1.165, 1.54) is 0 Å². The van der Waals surface area contributed by atoms with E-state index in [2.05, 4.69) is 27.0 Å². The van der Waals surface area contributed by atoms with Crippen molar-refractivity contribution in [1.29, 1.82) is 0 Å². The molecule has 3 aromatic rings. The fourth-order valence-corrected chi connectivity index (χ4v) is 5.33. The van der Waals surface area contributed by atoms with E-state index in [0.29, 0.717) is 16.7 Å². The molecule has 4 rings (SSSR count). The van der Waals surface area contributed by atoms with E-state index >= 15 is 0 Å². The number of aromatic nitrogens is 2. The monoisotopic (exact) mass is 384 g/mol. The van der Waals surface area contributed by atoms with Crippen molar-refractivity contribution in [2.24, 2.45) is 0 Å². The van der Waals surface area contributed by atoms with Gasteiger partial charge in [-0.3, -0.25) is 5.10 Å². The van der Waals surface area contributed by atoms with E-state index in [-0.39, 0.29) is 5.03 Å². The van der Waals surface area contributed by atoms with Crippen molar-refractivity contribution in [1.82, 2.24) is 15.1 Å². The molecule has 0 saturated carbocycles. The largest absolute Gasteiger partial charge is 0.367 e. The highest BCUT2D eigenvalue weighted by molar-refractivity contribution is 7.91. The number of piperazine rings is 1. The molecule has 0 spiro atoms. The molecule has 2 aromatic carbocycles. The smallest absolute Gasteiger partial charge is 0.226 e. The Hall–Kier alpha value is -2.38. The number of rotatable bonds is 4. The Kier molecular flexibility index (Phi) is 4.65. The molecular formula is C20H24N4O2S. The molecule has 1 fully saturated rings. The lowest BCUT2D eigenvalue weighted by atomic mass is 10.2. The van der Waals surface area contributed by atoms with Gasteiger partial charge in [0.2, 0.25) is 9.84 Å². The van der Waals surface area contributed by atoms with Gasteiger partial charge in [-0.05, 0) is 37.2 Å². The van der Waals surface area contributed by atoms with Gasteiger partial charge in [0.15, 0.2) is 5.03 Å². The predicted molar refractivity (Wildman–Crippen MR) is 107 cm³/mol. The van der Waals surface area contributed by atoms with E-state index in [1.54, 1.807) is 12.1 Å². The van der Waals surface area contributed by atoms with Gasteiger partial charge in [0.1, 0.15) is 0 Å². The van der Waals surface area contributed by atoms with Gasteiger partial charge in [0.05, 0.1) is 16.1 Å². The fraction of sp³-hybridized carbons (Fsp3) is 0.350. The van der Waals surface area contributed by atoms with Crippen molar-refractivity contribution in [3.05, 3.63) is 48.0 Å². The summed E-state index contributed by atoms with van der Waals surface area (Å²) in [6.45, 7) is 5.76. The lowest BCUT2D eigenvalue weighted by molar-refractivity contribution is 0.313. The van der Waals surface area contributed by atoms with Crippen LogP contribution in [0.5, 0.6) is 0 Å². The molecule has 0 unspecified atom stereocenters. The van der Waals surface area contributed by atoms with Gasteiger partial charge in [-0.2, -0.15) is 5.10 Å². The number of aromatic amines is 1. The molecule has 0 amide bonds. The van der Waals surface area contributed by atoms with Crippen LogP contribution in [0.25, 0.3) is 10.9 Å². The minimum atomic E-state index is -3.69.